The Bertz CT molecular complexity index is 265. The van der Waals surface area contributed by atoms with Gasteiger partial charge < -0.3 is 5.32 Å². The summed E-state index contributed by atoms with van der Waals surface area (Å²) in [5.74, 6) is 2.54. The van der Waals surface area contributed by atoms with Crippen LogP contribution in [-0.4, -0.2) is 27.7 Å². The molecule has 5 heteroatoms. The predicted molar refractivity (Wildman–Crippen MR) is 56.9 cm³/mol. The molecule has 0 amide bonds. The van der Waals surface area contributed by atoms with Gasteiger partial charge in [-0.3, -0.25) is 0 Å². The second-order valence-electron chi connectivity index (χ2n) is 2.47. The molecule has 0 aromatic carbocycles. The van der Waals surface area contributed by atoms with Crippen LogP contribution in [0.5, 0.6) is 0 Å². The smallest absolute Gasteiger partial charge is 0.170 e. The van der Waals surface area contributed by atoms with E-state index in [1.165, 1.54) is 11.5 Å². The van der Waals surface area contributed by atoms with E-state index in [2.05, 4.69) is 27.5 Å². The van der Waals surface area contributed by atoms with Crippen molar-refractivity contribution in [3.05, 3.63) is 6.33 Å². The minimum Gasteiger partial charge on any atom is -0.305 e. The molecule has 0 radical (unpaired) electrons. The molecule has 1 unspecified atom stereocenters. The Morgan fingerprint density at radius 1 is 1.85 bits per heavy atom. The molecular formula is C8H11N3S2. The Labute approximate surface area is 86.5 Å². The first-order valence-electron chi connectivity index (χ1n) is 3.90. The lowest BCUT2D eigenvalue weighted by Gasteiger charge is -2.07. The van der Waals surface area contributed by atoms with E-state index in [4.69, 9.17) is 6.42 Å². The molecule has 1 atom stereocenters. The summed E-state index contributed by atoms with van der Waals surface area (Å²) in [6.45, 7) is 3.66. The summed E-state index contributed by atoms with van der Waals surface area (Å²) < 4.78 is 4.94. The molecule has 0 bridgehead atoms. The number of aromatic nitrogens is 2. The normalized spacial score (nSPS) is 12.3. The Hall–Kier alpha value is -0.570. The van der Waals surface area contributed by atoms with Crippen LogP contribution in [0.25, 0.3) is 0 Å². The molecule has 13 heavy (non-hydrogen) atoms. The van der Waals surface area contributed by atoms with Crippen molar-refractivity contribution in [3.63, 3.8) is 0 Å². The van der Waals surface area contributed by atoms with Crippen molar-refractivity contribution in [2.45, 2.75) is 16.5 Å². The molecule has 1 N–H and O–H groups in total. The summed E-state index contributed by atoms with van der Waals surface area (Å²) in [6.07, 6.45) is 6.69. The maximum Gasteiger partial charge on any atom is 0.170 e. The highest BCUT2D eigenvalue weighted by atomic mass is 32.2. The molecule has 0 spiro atoms. The van der Waals surface area contributed by atoms with Gasteiger partial charge in [0.05, 0.1) is 6.54 Å². The topological polar surface area (TPSA) is 37.8 Å². The summed E-state index contributed by atoms with van der Waals surface area (Å²) in [6, 6.07) is 0. The van der Waals surface area contributed by atoms with Crippen molar-refractivity contribution in [1.29, 1.82) is 0 Å². The highest BCUT2D eigenvalue weighted by molar-refractivity contribution is 8.01. The minimum atomic E-state index is 0.473. The second kappa shape index (κ2) is 5.97. The van der Waals surface area contributed by atoms with Gasteiger partial charge in [-0.2, -0.15) is 4.37 Å². The minimum absolute atomic E-state index is 0.473. The molecule has 0 aliphatic carbocycles. The van der Waals surface area contributed by atoms with Crippen LogP contribution in [-0.2, 0) is 0 Å². The SMILES string of the molecule is C#CCNCC(C)Sc1ncns1. The first-order valence-corrected chi connectivity index (χ1v) is 5.55. The van der Waals surface area contributed by atoms with Crippen LogP contribution in [0.2, 0.25) is 0 Å². The molecular weight excluding hydrogens is 202 g/mol. The molecule has 0 fully saturated rings. The van der Waals surface area contributed by atoms with E-state index >= 15 is 0 Å². The third kappa shape index (κ3) is 4.27. The van der Waals surface area contributed by atoms with Gasteiger partial charge in [-0.05, 0) is 11.5 Å². The number of thioether (sulfide) groups is 1. The zero-order valence-corrected chi connectivity index (χ0v) is 8.99. The molecule has 3 nitrogen and oxygen atoms in total. The average molecular weight is 213 g/mol. The van der Waals surface area contributed by atoms with Crippen molar-refractivity contribution in [2.75, 3.05) is 13.1 Å². The number of terminal acetylenes is 1. The fourth-order valence-corrected chi connectivity index (χ4v) is 2.50. The zero-order valence-electron chi connectivity index (χ0n) is 7.36. The number of hydrogen-bond acceptors (Lipinski definition) is 5. The van der Waals surface area contributed by atoms with Crippen LogP contribution < -0.4 is 5.32 Å². The van der Waals surface area contributed by atoms with Crippen LogP contribution in [0.15, 0.2) is 10.7 Å². The maximum absolute atomic E-state index is 5.11. The molecule has 0 saturated heterocycles. The average Bonchev–Trinajstić information content (AvgIpc) is 2.57. The molecule has 0 aliphatic heterocycles. The molecule has 0 aliphatic rings. The largest absolute Gasteiger partial charge is 0.305 e. The highest BCUT2D eigenvalue weighted by Crippen LogP contribution is 2.22. The van der Waals surface area contributed by atoms with Gasteiger partial charge in [-0.25, -0.2) is 4.98 Å². The molecule has 1 aromatic rings. The summed E-state index contributed by atoms with van der Waals surface area (Å²) in [5, 5.41) is 3.62. The molecule has 1 rings (SSSR count). The van der Waals surface area contributed by atoms with E-state index in [1.807, 2.05) is 0 Å². The molecule has 0 saturated carbocycles. The van der Waals surface area contributed by atoms with E-state index < -0.39 is 0 Å². The van der Waals surface area contributed by atoms with Gasteiger partial charge >= 0.3 is 0 Å². The fourth-order valence-electron chi connectivity index (χ4n) is 0.776. The number of nitrogens with one attached hydrogen (secondary N) is 1. The third-order valence-corrected chi connectivity index (χ3v) is 3.15. The lowest BCUT2D eigenvalue weighted by Crippen LogP contribution is -2.22. The number of hydrogen-bond donors (Lipinski definition) is 1. The van der Waals surface area contributed by atoms with E-state index in [1.54, 1.807) is 18.1 Å². The van der Waals surface area contributed by atoms with Crippen LogP contribution in [0.4, 0.5) is 0 Å². The van der Waals surface area contributed by atoms with Gasteiger partial charge in [0.25, 0.3) is 0 Å². The summed E-state index contributed by atoms with van der Waals surface area (Å²) >= 11 is 3.14. The van der Waals surface area contributed by atoms with Gasteiger partial charge in [0.2, 0.25) is 0 Å². The Balaban J connectivity index is 2.19. The number of nitrogens with zero attached hydrogens (tertiary/aromatic N) is 2. The van der Waals surface area contributed by atoms with Gasteiger partial charge in [0.1, 0.15) is 6.33 Å². The Morgan fingerprint density at radius 3 is 3.31 bits per heavy atom. The first kappa shape index (κ1) is 10.5. The quantitative estimate of drug-likeness (QED) is 0.454. The zero-order chi connectivity index (χ0) is 9.52. The van der Waals surface area contributed by atoms with Crippen LogP contribution in [0, 0.1) is 12.3 Å². The Morgan fingerprint density at radius 2 is 2.69 bits per heavy atom. The summed E-state index contributed by atoms with van der Waals surface area (Å²) in [5.41, 5.74) is 0. The predicted octanol–water partition coefficient (Wildman–Crippen LogP) is 1.24. The van der Waals surface area contributed by atoms with Crippen LogP contribution in [0.3, 0.4) is 0 Å². The summed E-state index contributed by atoms with van der Waals surface area (Å²) in [7, 11) is 0. The third-order valence-electron chi connectivity index (χ3n) is 1.30. The molecule has 1 heterocycles. The fraction of sp³-hybridized carbons (Fsp3) is 0.500. The monoisotopic (exact) mass is 213 g/mol. The van der Waals surface area contributed by atoms with Crippen LogP contribution in [0.1, 0.15) is 6.92 Å². The Kier molecular flexibility index (Phi) is 4.83. The van der Waals surface area contributed by atoms with Gasteiger partial charge in [-0.15, -0.1) is 6.42 Å². The first-order chi connectivity index (χ1) is 6.33. The maximum atomic E-state index is 5.11. The van der Waals surface area contributed by atoms with E-state index in [0.29, 0.717) is 11.8 Å². The van der Waals surface area contributed by atoms with Crippen molar-refractivity contribution in [2.24, 2.45) is 0 Å². The van der Waals surface area contributed by atoms with E-state index in [9.17, 15) is 0 Å². The van der Waals surface area contributed by atoms with Crippen molar-refractivity contribution in [1.82, 2.24) is 14.7 Å². The van der Waals surface area contributed by atoms with Gasteiger partial charge in [0.15, 0.2) is 4.34 Å². The van der Waals surface area contributed by atoms with E-state index in [0.717, 1.165) is 10.9 Å². The van der Waals surface area contributed by atoms with Gasteiger partial charge in [-0.1, -0.05) is 24.6 Å². The lowest BCUT2D eigenvalue weighted by atomic mass is 10.4. The second-order valence-corrected chi connectivity index (χ2v) is 4.94. The highest BCUT2D eigenvalue weighted by Gasteiger charge is 2.05. The lowest BCUT2D eigenvalue weighted by molar-refractivity contribution is 0.748. The molecule has 70 valence electrons. The number of rotatable bonds is 5. The van der Waals surface area contributed by atoms with Gasteiger partial charge in [0, 0.05) is 11.8 Å². The van der Waals surface area contributed by atoms with E-state index in [-0.39, 0.29) is 0 Å². The molecule has 1 aromatic heterocycles. The van der Waals surface area contributed by atoms with Crippen molar-refractivity contribution >= 4 is 23.3 Å². The summed E-state index contributed by atoms with van der Waals surface area (Å²) in [4.78, 5) is 4.09. The van der Waals surface area contributed by atoms with Crippen molar-refractivity contribution in [3.8, 4) is 12.3 Å². The van der Waals surface area contributed by atoms with Crippen molar-refractivity contribution < 1.29 is 0 Å². The van der Waals surface area contributed by atoms with Crippen LogP contribution >= 0.6 is 23.3 Å². The standard InChI is InChI=1S/C8H11N3S2/c1-3-4-9-5-7(2)12-8-10-6-11-13-8/h1,6-7,9H,4-5H2,2H3.